The summed E-state index contributed by atoms with van der Waals surface area (Å²) in [5, 5.41) is 11.0. The van der Waals surface area contributed by atoms with E-state index < -0.39 is 23.6 Å². The van der Waals surface area contributed by atoms with Gasteiger partial charge in [-0.25, -0.2) is 8.78 Å². The molecule has 0 aliphatic carbocycles. The Morgan fingerprint density at radius 2 is 1.98 bits per heavy atom. The molecular weight excluding hydrogens is 576 g/mol. The van der Waals surface area contributed by atoms with Gasteiger partial charge in [-0.05, 0) is 31.0 Å². The number of amides is 1. The highest BCUT2D eigenvalue weighted by Gasteiger charge is 2.35. The van der Waals surface area contributed by atoms with Crippen molar-refractivity contribution in [3.63, 3.8) is 0 Å². The first kappa shape index (κ1) is 29.1. The molecule has 224 valence electrons. The van der Waals surface area contributed by atoms with E-state index in [-0.39, 0.29) is 24.0 Å². The lowest BCUT2D eigenvalue weighted by Crippen LogP contribution is -2.55. The number of likely N-dealkylation sites (tertiary alicyclic amines) is 1. The zero-order valence-electron chi connectivity index (χ0n) is 23.9. The first-order chi connectivity index (χ1) is 20.7. The number of hydrogen-bond donors (Lipinski definition) is 0. The van der Waals surface area contributed by atoms with Crippen LogP contribution in [0.25, 0.3) is 10.8 Å². The van der Waals surface area contributed by atoms with Crippen LogP contribution >= 0.6 is 11.6 Å². The lowest BCUT2D eigenvalue weighted by Gasteiger charge is -2.42. The molecule has 3 aliphatic rings. The van der Waals surface area contributed by atoms with Crippen molar-refractivity contribution in [2.45, 2.75) is 25.4 Å². The van der Waals surface area contributed by atoms with Gasteiger partial charge in [0, 0.05) is 61.8 Å². The van der Waals surface area contributed by atoms with Gasteiger partial charge in [-0.15, -0.1) is 0 Å². The molecule has 2 aromatic carbocycles. The molecule has 0 radical (unpaired) electrons. The monoisotopic (exact) mass is 607 g/mol. The minimum absolute atomic E-state index is 0.0491. The standard InChI is InChI=1S/C31H32ClF2N7O2/c1-19(33)30(42)41-13-12-40(16-22(41)8-10-35)29-23-9-11-39(26-5-3-4-21-6-7-24(34)28(32)27(21)26)17-25(23)36-31(37-29)43-18-20-14-38(2)15-20/h3-7,20,22H,1,8-9,11-18H2,2H3/t22-/m0/s1. The highest BCUT2D eigenvalue weighted by molar-refractivity contribution is 6.36. The Bertz CT molecular complexity index is 1620. The fourth-order valence-electron chi connectivity index (χ4n) is 6.35. The minimum Gasteiger partial charge on any atom is -0.463 e. The number of rotatable bonds is 7. The predicted octanol–water partition coefficient (Wildman–Crippen LogP) is 4.34. The summed E-state index contributed by atoms with van der Waals surface area (Å²) < 4.78 is 34.4. The maximum Gasteiger partial charge on any atom is 0.318 e. The van der Waals surface area contributed by atoms with Gasteiger partial charge in [0.1, 0.15) is 11.6 Å². The number of ether oxygens (including phenoxy) is 1. The van der Waals surface area contributed by atoms with Crippen LogP contribution < -0.4 is 14.5 Å². The smallest absolute Gasteiger partial charge is 0.318 e. The summed E-state index contributed by atoms with van der Waals surface area (Å²) in [4.78, 5) is 29.9. The van der Waals surface area contributed by atoms with Gasteiger partial charge in [-0.3, -0.25) is 4.79 Å². The summed E-state index contributed by atoms with van der Waals surface area (Å²) in [6, 6.07) is 10.7. The summed E-state index contributed by atoms with van der Waals surface area (Å²) in [5.41, 5.74) is 2.56. The minimum atomic E-state index is -1.04. The third-order valence-electron chi connectivity index (χ3n) is 8.47. The molecule has 6 rings (SSSR count). The number of piperazine rings is 1. The maximum atomic E-state index is 14.5. The largest absolute Gasteiger partial charge is 0.463 e. The highest BCUT2D eigenvalue weighted by Crippen LogP contribution is 2.38. The van der Waals surface area contributed by atoms with Crippen molar-refractivity contribution in [2.24, 2.45) is 5.92 Å². The van der Waals surface area contributed by atoms with E-state index in [1.165, 1.54) is 11.0 Å². The van der Waals surface area contributed by atoms with E-state index in [4.69, 9.17) is 26.3 Å². The fraction of sp³-hybridized carbons (Fsp3) is 0.419. The molecule has 1 atom stereocenters. The molecule has 12 heteroatoms. The van der Waals surface area contributed by atoms with Gasteiger partial charge in [-0.2, -0.15) is 15.2 Å². The number of fused-ring (bicyclic) bond motifs is 2. The van der Waals surface area contributed by atoms with Crippen LogP contribution in [0, 0.1) is 23.1 Å². The molecule has 9 nitrogen and oxygen atoms in total. The molecule has 0 saturated carbocycles. The Hall–Kier alpha value is -4.01. The van der Waals surface area contributed by atoms with Crippen LogP contribution in [0.4, 0.5) is 20.3 Å². The molecule has 1 amide bonds. The number of carbonyl (C=O) groups is 1. The topological polar surface area (TPSA) is 88.8 Å². The molecule has 0 bridgehead atoms. The molecule has 3 aromatic rings. The average molecular weight is 608 g/mol. The second-order valence-corrected chi connectivity index (χ2v) is 11.8. The summed E-state index contributed by atoms with van der Waals surface area (Å²) in [6.07, 6.45) is 0.651. The zero-order valence-corrected chi connectivity index (χ0v) is 24.7. The number of benzene rings is 2. The van der Waals surface area contributed by atoms with Crippen LogP contribution in [0.1, 0.15) is 17.7 Å². The third-order valence-corrected chi connectivity index (χ3v) is 8.84. The van der Waals surface area contributed by atoms with Crippen LogP contribution in [0.3, 0.4) is 0 Å². The summed E-state index contributed by atoms with van der Waals surface area (Å²) in [5.74, 6) is -1.22. The predicted molar refractivity (Wildman–Crippen MR) is 160 cm³/mol. The Labute approximate surface area is 253 Å². The molecule has 0 N–H and O–H groups in total. The van der Waals surface area contributed by atoms with Crippen molar-refractivity contribution >= 4 is 39.8 Å². The van der Waals surface area contributed by atoms with Crippen LogP contribution in [0.5, 0.6) is 6.01 Å². The zero-order chi connectivity index (χ0) is 30.2. The molecule has 3 aliphatic heterocycles. The van der Waals surface area contributed by atoms with Crippen LogP contribution in [0.15, 0.2) is 42.7 Å². The van der Waals surface area contributed by atoms with Gasteiger partial charge >= 0.3 is 6.01 Å². The molecule has 1 aromatic heterocycles. The fourth-order valence-corrected chi connectivity index (χ4v) is 6.62. The number of halogens is 3. The second-order valence-electron chi connectivity index (χ2n) is 11.4. The van der Waals surface area contributed by atoms with E-state index in [9.17, 15) is 18.8 Å². The quantitative estimate of drug-likeness (QED) is 0.367. The average Bonchev–Trinajstić information content (AvgIpc) is 2.99. The van der Waals surface area contributed by atoms with E-state index in [1.54, 1.807) is 6.07 Å². The van der Waals surface area contributed by atoms with E-state index in [0.717, 1.165) is 35.4 Å². The maximum absolute atomic E-state index is 14.5. The Morgan fingerprint density at radius 1 is 1.16 bits per heavy atom. The number of anilines is 2. The lowest BCUT2D eigenvalue weighted by molar-refractivity contribution is -0.131. The van der Waals surface area contributed by atoms with Crippen LogP contribution in [-0.2, 0) is 17.8 Å². The first-order valence-electron chi connectivity index (χ1n) is 14.3. The second kappa shape index (κ2) is 11.9. The van der Waals surface area contributed by atoms with E-state index in [2.05, 4.69) is 29.5 Å². The SMILES string of the molecule is C=C(F)C(=O)N1CCN(c2nc(OCC3CN(C)C3)nc3c2CCN(c2cccc4ccc(F)c(Cl)c24)C3)C[C@@H]1CC#N. The summed E-state index contributed by atoms with van der Waals surface area (Å²) in [6.45, 7) is 7.51. The molecule has 0 spiro atoms. The molecular formula is C31H32ClF2N7O2. The molecule has 4 heterocycles. The highest BCUT2D eigenvalue weighted by atomic mass is 35.5. The molecule has 43 heavy (non-hydrogen) atoms. The Kier molecular flexibility index (Phi) is 8.07. The van der Waals surface area contributed by atoms with Crippen molar-refractivity contribution < 1.29 is 18.3 Å². The van der Waals surface area contributed by atoms with Gasteiger partial charge < -0.3 is 24.3 Å². The third kappa shape index (κ3) is 5.69. The van der Waals surface area contributed by atoms with Crippen LogP contribution in [0.2, 0.25) is 5.02 Å². The van der Waals surface area contributed by atoms with Gasteiger partial charge in [-0.1, -0.05) is 36.4 Å². The number of nitriles is 1. The van der Waals surface area contributed by atoms with Crippen molar-refractivity contribution in [1.29, 1.82) is 5.26 Å². The van der Waals surface area contributed by atoms with Gasteiger partial charge in [0.2, 0.25) is 0 Å². The normalized spacial score (nSPS) is 19.1. The number of nitrogens with zero attached hydrogens (tertiary/aromatic N) is 7. The lowest BCUT2D eigenvalue weighted by atomic mass is 10.0. The Balaban J connectivity index is 1.34. The first-order valence-corrected chi connectivity index (χ1v) is 14.7. The summed E-state index contributed by atoms with van der Waals surface area (Å²) >= 11 is 6.46. The van der Waals surface area contributed by atoms with Crippen molar-refractivity contribution in [3.8, 4) is 12.1 Å². The number of hydrogen-bond acceptors (Lipinski definition) is 8. The van der Waals surface area contributed by atoms with E-state index in [1.807, 2.05) is 23.1 Å². The Morgan fingerprint density at radius 3 is 2.72 bits per heavy atom. The molecule has 0 unspecified atom stereocenters. The van der Waals surface area contributed by atoms with Gasteiger partial charge in [0.05, 0.1) is 42.4 Å². The van der Waals surface area contributed by atoms with E-state index >= 15 is 0 Å². The van der Waals surface area contributed by atoms with Gasteiger partial charge in [0.15, 0.2) is 5.83 Å². The van der Waals surface area contributed by atoms with Crippen molar-refractivity contribution in [3.05, 3.63) is 64.8 Å². The van der Waals surface area contributed by atoms with Gasteiger partial charge in [0.25, 0.3) is 5.91 Å². The number of aromatic nitrogens is 2. The van der Waals surface area contributed by atoms with Crippen molar-refractivity contribution in [1.82, 2.24) is 19.8 Å². The number of carbonyl (C=O) groups excluding carboxylic acids is 1. The summed E-state index contributed by atoms with van der Waals surface area (Å²) in [7, 11) is 2.06. The van der Waals surface area contributed by atoms with E-state index in [0.29, 0.717) is 56.3 Å². The van der Waals surface area contributed by atoms with Crippen molar-refractivity contribution in [2.75, 3.05) is 62.7 Å². The van der Waals surface area contributed by atoms with Crippen LogP contribution in [-0.4, -0.2) is 84.6 Å². The molecule has 2 fully saturated rings. The molecule has 2 saturated heterocycles.